The monoisotopic (exact) mass is 268 g/mol. The summed E-state index contributed by atoms with van der Waals surface area (Å²) >= 11 is 0. The molecule has 102 valence electrons. The summed E-state index contributed by atoms with van der Waals surface area (Å²) in [5, 5.41) is 10.7. The minimum Gasteiger partial charge on any atom is -0.379 e. The van der Waals surface area contributed by atoms with Gasteiger partial charge in [0.05, 0.1) is 0 Å². The van der Waals surface area contributed by atoms with Crippen molar-refractivity contribution in [2.24, 2.45) is 0 Å². The Kier molecular flexibility index (Phi) is 3.54. The first kappa shape index (κ1) is 13.9. The Bertz CT molecular complexity index is 587. The van der Waals surface area contributed by atoms with Crippen LogP contribution < -0.4 is 0 Å². The average molecular weight is 268 g/mol. The summed E-state index contributed by atoms with van der Waals surface area (Å²) in [4.78, 5) is 0. The number of halogens is 3. The van der Waals surface area contributed by atoms with Crippen LogP contribution in [0.25, 0.3) is 10.8 Å². The smallest absolute Gasteiger partial charge is 0.379 e. The molecule has 0 saturated heterocycles. The third-order valence-corrected chi connectivity index (χ3v) is 3.22. The number of hydrogen-bond acceptors (Lipinski definition) is 1. The zero-order chi connectivity index (χ0) is 14.2. The van der Waals surface area contributed by atoms with E-state index in [1.165, 1.54) is 6.07 Å². The van der Waals surface area contributed by atoms with Crippen molar-refractivity contribution in [2.75, 3.05) is 0 Å². The van der Waals surface area contributed by atoms with Gasteiger partial charge in [-0.1, -0.05) is 50.2 Å². The minimum atomic E-state index is -4.65. The normalized spacial score (nSPS) is 14.1. The van der Waals surface area contributed by atoms with E-state index < -0.39 is 12.3 Å². The predicted octanol–water partition coefficient (Wildman–Crippen LogP) is 4.56. The fourth-order valence-electron chi connectivity index (χ4n) is 2.28. The Labute approximate surface area is 109 Å². The summed E-state index contributed by atoms with van der Waals surface area (Å²) in [6, 6.07) is 9.91. The zero-order valence-electron chi connectivity index (χ0n) is 10.7. The van der Waals surface area contributed by atoms with Crippen molar-refractivity contribution in [1.82, 2.24) is 0 Å². The summed E-state index contributed by atoms with van der Waals surface area (Å²) in [7, 11) is 0. The van der Waals surface area contributed by atoms with Crippen molar-refractivity contribution in [1.29, 1.82) is 0 Å². The lowest BCUT2D eigenvalue weighted by molar-refractivity contribution is -0.206. The molecule has 2 aromatic carbocycles. The van der Waals surface area contributed by atoms with Gasteiger partial charge in [-0.25, -0.2) is 0 Å². The molecule has 0 radical (unpaired) electrons. The summed E-state index contributed by atoms with van der Waals surface area (Å²) in [6.07, 6.45) is -7.10. The Morgan fingerprint density at radius 3 is 1.84 bits per heavy atom. The maximum Gasteiger partial charge on any atom is 0.418 e. The Morgan fingerprint density at radius 2 is 1.37 bits per heavy atom. The van der Waals surface area contributed by atoms with Crippen molar-refractivity contribution >= 4 is 10.8 Å². The first-order valence-corrected chi connectivity index (χ1v) is 6.08. The van der Waals surface area contributed by atoms with Crippen LogP contribution in [0.2, 0.25) is 0 Å². The molecule has 0 amide bonds. The topological polar surface area (TPSA) is 20.2 Å². The van der Waals surface area contributed by atoms with Crippen LogP contribution in [0.15, 0.2) is 36.4 Å². The van der Waals surface area contributed by atoms with E-state index in [1.54, 1.807) is 24.3 Å². The van der Waals surface area contributed by atoms with Crippen LogP contribution in [0.5, 0.6) is 0 Å². The van der Waals surface area contributed by atoms with Gasteiger partial charge in [-0.05, 0) is 27.8 Å². The summed E-state index contributed by atoms with van der Waals surface area (Å²) < 4.78 is 38.0. The molecular formula is C15H15F3O. The van der Waals surface area contributed by atoms with Gasteiger partial charge in [0.15, 0.2) is 6.10 Å². The number of fused-ring (bicyclic) bond motifs is 1. The summed E-state index contributed by atoms with van der Waals surface area (Å²) in [5.74, 6) is 0.210. The van der Waals surface area contributed by atoms with Gasteiger partial charge in [-0.2, -0.15) is 13.2 Å². The maximum atomic E-state index is 12.7. The molecule has 1 N–H and O–H groups in total. The molecular weight excluding hydrogens is 253 g/mol. The van der Waals surface area contributed by atoms with E-state index in [0.29, 0.717) is 5.39 Å². The van der Waals surface area contributed by atoms with Gasteiger partial charge in [0.1, 0.15) is 0 Å². The highest BCUT2D eigenvalue weighted by Crippen LogP contribution is 2.37. The molecule has 19 heavy (non-hydrogen) atoms. The first-order valence-electron chi connectivity index (χ1n) is 6.08. The second-order valence-corrected chi connectivity index (χ2v) is 4.89. The van der Waals surface area contributed by atoms with Crippen LogP contribution in [-0.4, -0.2) is 11.3 Å². The van der Waals surface area contributed by atoms with Crippen LogP contribution in [0, 0.1) is 0 Å². The van der Waals surface area contributed by atoms with Gasteiger partial charge >= 0.3 is 6.18 Å². The van der Waals surface area contributed by atoms with E-state index >= 15 is 0 Å². The highest BCUT2D eigenvalue weighted by molar-refractivity contribution is 5.89. The molecule has 1 unspecified atom stereocenters. The Hall–Kier alpha value is -1.55. The largest absolute Gasteiger partial charge is 0.418 e. The van der Waals surface area contributed by atoms with Crippen LogP contribution in [0.3, 0.4) is 0 Å². The van der Waals surface area contributed by atoms with Gasteiger partial charge in [-0.3, -0.25) is 0 Å². The molecule has 0 saturated carbocycles. The Morgan fingerprint density at radius 1 is 0.895 bits per heavy atom. The molecule has 1 atom stereocenters. The van der Waals surface area contributed by atoms with Gasteiger partial charge in [0.25, 0.3) is 0 Å². The standard InChI is InChI=1S/C15H15F3O/c1-9(2)10-5-3-7-12-11(10)6-4-8-13(12)14(19)15(16,17)18/h3-9,14,19H,1-2H3. The lowest BCUT2D eigenvalue weighted by Crippen LogP contribution is -2.20. The maximum absolute atomic E-state index is 12.7. The van der Waals surface area contributed by atoms with Crippen molar-refractivity contribution in [3.63, 3.8) is 0 Å². The second-order valence-electron chi connectivity index (χ2n) is 4.89. The third kappa shape index (κ3) is 2.59. The average Bonchev–Trinajstić information content (AvgIpc) is 2.35. The van der Waals surface area contributed by atoms with E-state index in [2.05, 4.69) is 0 Å². The van der Waals surface area contributed by atoms with Gasteiger partial charge < -0.3 is 5.11 Å². The van der Waals surface area contributed by atoms with Crippen LogP contribution in [-0.2, 0) is 0 Å². The van der Waals surface area contributed by atoms with E-state index in [9.17, 15) is 18.3 Å². The second kappa shape index (κ2) is 4.85. The number of hydrogen-bond donors (Lipinski definition) is 1. The van der Waals surface area contributed by atoms with E-state index in [4.69, 9.17) is 0 Å². The van der Waals surface area contributed by atoms with Gasteiger partial charge in [0, 0.05) is 0 Å². The molecule has 0 aliphatic heterocycles. The van der Waals surface area contributed by atoms with Crippen molar-refractivity contribution in [2.45, 2.75) is 32.0 Å². The molecule has 2 rings (SSSR count). The molecule has 1 nitrogen and oxygen atoms in total. The lowest BCUT2D eigenvalue weighted by Gasteiger charge is -2.18. The van der Waals surface area contributed by atoms with E-state index in [1.807, 2.05) is 19.9 Å². The van der Waals surface area contributed by atoms with Crippen LogP contribution in [0.4, 0.5) is 13.2 Å². The summed E-state index contributed by atoms with van der Waals surface area (Å²) in [5.41, 5.74) is 0.890. The highest BCUT2D eigenvalue weighted by Gasteiger charge is 2.40. The van der Waals surface area contributed by atoms with E-state index in [-0.39, 0.29) is 11.5 Å². The number of rotatable bonds is 2. The third-order valence-electron chi connectivity index (χ3n) is 3.22. The Balaban J connectivity index is 2.68. The van der Waals surface area contributed by atoms with Gasteiger partial charge in [0.2, 0.25) is 0 Å². The number of aliphatic hydroxyl groups excluding tert-OH is 1. The molecule has 0 spiro atoms. The molecule has 0 aliphatic rings. The minimum absolute atomic E-state index is 0.0903. The molecule has 4 heteroatoms. The van der Waals surface area contributed by atoms with Crippen molar-refractivity contribution in [3.8, 4) is 0 Å². The fraction of sp³-hybridized carbons (Fsp3) is 0.333. The summed E-state index contributed by atoms with van der Waals surface area (Å²) in [6.45, 7) is 3.98. The first-order chi connectivity index (χ1) is 8.82. The van der Waals surface area contributed by atoms with Crippen molar-refractivity contribution < 1.29 is 18.3 Å². The van der Waals surface area contributed by atoms with Crippen LogP contribution in [0.1, 0.15) is 37.0 Å². The molecule has 0 bridgehead atoms. The van der Waals surface area contributed by atoms with Gasteiger partial charge in [-0.15, -0.1) is 0 Å². The molecule has 2 aromatic rings. The molecule has 0 fully saturated rings. The van der Waals surface area contributed by atoms with Crippen molar-refractivity contribution in [3.05, 3.63) is 47.5 Å². The number of benzene rings is 2. The molecule has 0 aliphatic carbocycles. The lowest BCUT2D eigenvalue weighted by atomic mass is 9.92. The number of alkyl halides is 3. The predicted molar refractivity (Wildman–Crippen MR) is 69.1 cm³/mol. The SMILES string of the molecule is CC(C)c1cccc2c(C(O)C(F)(F)F)cccc12. The molecule has 0 heterocycles. The highest BCUT2D eigenvalue weighted by atomic mass is 19.4. The van der Waals surface area contributed by atoms with E-state index in [0.717, 1.165) is 10.9 Å². The zero-order valence-corrected chi connectivity index (χ0v) is 10.7. The fourth-order valence-corrected chi connectivity index (χ4v) is 2.28. The van der Waals surface area contributed by atoms with Crippen LogP contribution >= 0.6 is 0 Å². The quantitative estimate of drug-likeness (QED) is 0.846. The molecule has 0 aromatic heterocycles. The number of aliphatic hydroxyl groups is 1.